The Morgan fingerprint density at radius 2 is 2.35 bits per heavy atom. The first kappa shape index (κ1) is 11.3. The summed E-state index contributed by atoms with van der Waals surface area (Å²) in [6.07, 6.45) is 2.56. The second kappa shape index (κ2) is 4.79. The molecule has 0 aliphatic carbocycles. The summed E-state index contributed by atoms with van der Waals surface area (Å²) in [5.74, 6) is 0.334. The monoisotopic (exact) mass is 255 g/mol. The smallest absolute Gasteiger partial charge is 0.367 e. The Morgan fingerprint density at radius 3 is 3.00 bits per heavy atom. The van der Waals surface area contributed by atoms with Gasteiger partial charge in [-0.15, -0.1) is 0 Å². The SMILES string of the molecule is O=[N+]([O-])c1c(Cl)ncnc1OCc1ccco1. The largest absolute Gasteiger partial charge is 0.466 e. The molecular weight excluding hydrogens is 250 g/mol. The first-order valence-corrected chi connectivity index (χ1v) is 4.86. The molecule has 8 heteroatoms. The van der Waals surface area contributed by atoms with E-state index in [0.717, 1.165) is 6.33 Å². The van der Waals surface area contributed by atoms with Crippen molar-refractivity contribution in [3.63, 3.8) is 0 Å². The first-order valence-electron chi connectivity index (χ1n) is 4.48. The predicted octanol–water partition coefficient (Wildman–Crippen LogP) is 2.21. The molecule has 2 aromatic heterocycles. The number of nitro groups is 1. The van der Waals surface area contributed by atoms with E-state index in [1.54, 1.807) is 12.1 Å². The molecule has 0 amide bonds. The Morgan fingerprint density at radius 1 is 1.53 bits per heavy atom. The van der Waals surface area contributed by atoms with Gasteiger partial charge in [0.2, 0.25) is 5.15 Å². The lowest BCUT2D eigenvalue weighted by Gasteiger charge is -2.03. The Kier molecular flexibility index (Phi) is 3.20. The maximum atomic E-state index is 10.7. The molecule has 0 aliphatic heterocycles. The van der Waals surface area contributed by atoms with E-state index >= 15 is 0 Å². The number of hydrogen-bond acceptors (Lipinski definition) is 6. The van der Waals surface area contributed by atoms with Gasteiger partial charge in [-0.25, -0.2) is 4.98 Å². The minimum Gasteiger partial charge on any atom is -0.466 e. The Bertz CT molecular complexity index is 529. The van der Waals surface area contributed by atoms with Gasteiger partial charge in [0.05, 0.1) is 11.2 Å². The van der Waals surface area contributed by atoms with E-state index in [1.807, 2.05) is 0 Å². The van der Waals surface area contributed by atoms with E-state index in [4.69, 9.17) is 20.8 Å². The molecule has 0 atom stereocenters. The fourth-order valence-electron chi connectivity index (χ4n) is 1.14. The molecule has 0 aromatic carbocycles. The summed E-state index contributed by atoms with van der Waals surface area (Å²) < 4.78 is 10.2. The van der Waals surface area contributed by atoms with E-state index < -0.39 is 10.6 Å². The summed E-state index contributed by atoms with van der Waals surface area (Å²) in [6, 6.07) is 3.36. The Balaban J connectivity index is 2.21. The number of halogens is 1. The zero-order valence-electron chi connectivity index (χ0n) is 8.37. The van der Waals surface area contributed by atoms with Crippen LogP contribution in [0, 0.1) is 10.1 Å². The van der Waals surface area contributed by atoms with E-state index in [1.165, 1.54) is 6.26 Å². The zero-order chi connectivity index (χ0) is 12.3. The average molecular weight is 256 g/mol. The van der Waals surface area contributed by atoms with Crippen LogP contribution in [0.1, 0.15) is 5.76 Å². The highest BCUT2D eigenvalue weighted by Gasteiger charge is 2.23. The molecule has 0 fully saturated rings. The fraction of sp³-hybridized carbons (Fsp3) is 0.111. The summed E-state index contributed by atoms with van der Waals surface area (Å²) >= 11 is 5.59. The Labute approximate surface area is 100 Å². The quantitative estimate of drug-likeness (QED) is 0.472. The van der Waals surface area contributed by atoms with Crippen molar-refractivity contribution in [1.29, 1.82) is 0 Å². The topological polar surface area (TPSA) is 91.3 Å². The van der Waals surface area contributed by atoms with Crippen LogP contribution in [-0.2, 0) is 6.61 Å². The van der Waals surface area contributed by atoms with Crippen LogP contribution in [0.5, 0.6) is 5.88 Å². The summed E-state index contributed by atoms with van der Waals surface area (Å²) in [5, 5.41) is 10.5. The molecule has 7 nitrogen and oxygen atoms in total. The summed E-state index contributed by atoms with van der Waals surface area (Å²) in [7, 11) is 0. The molecule has 2 heterocycles. The van der Waals surface area contributed by atoms with Crippen LogP contribution >= 0.6 is 11.6 Å². The highest BCUT2D eigenvalue weighted by atomic mass is 35.5. The van der Waals surface area contributed by atoms with Crippen molar-refractivity contribution in [3.8, 4) is 5.88 Å². The van der Waals surface area contributed by atoms with Gasteiger partial charge in [0.25, 0.3) is 5.88 Å². The second-order valence-electron chi connectivity index (χ2n) is 2.94. The van der Waals surface area contributed by atoms with Crippen molar-refractivity contribution in [2.45, 2.75) is 6.61 Å². The number of hydrogen-bond donors (Lipinski definition) is 0. The average Bonchev–Trinajstić information content (AvgIpc) is 2.78. The summed E-state index contributed by atoms with van der Waals surface area (Å²) in [5.41, 5.74) is -0.458. The van der Waals surface area contributed by atoms with Crippen LogP contribution in [0.25, 0.3) is 0 Å². The van der Waals surface area contributed by atoms with E-state index in [-0.39, 0.29) is 17.6 Å². The van der Waals surface area contributed by atoms with Crippen molar-refractivity contribution < 1.29 is 14.1 Å². The van der Waals surface area contributed by atoms with Crippen molar-refractivity contribution in [3.05, 3.63) is 45.8 Å². The number of ether oxygens (including phenoxy) is 1. The molecule has 0 saturated heterocycles. The number of nitrogens with zero attached hydrogens (tertiary/aromatic N) is 3. The van der Waals surface area contributed by atoms with Crippen molar-refractivity contribution in [1.82, 2.24) is 9.97 Å². The first-order chi connectivity index (χ1) is 8.18. The molecule has 0 aliphatic rings. The van der Waals surface area contributed by atoms with Gasteiger partial charge < -0.3 is 9.15 Å². The van der Waals surface area contributed by atoms with Gasteiger partial charge in [0.15, 0.2) is 0 Å². The van der Waals surface area contributed by atoms with Gasteiger partial charge in [-0.3, -0.25) is 10.1 Å². The number of furan rings is 1. The molecule has 2 aromatic rings. The standard InChI is InChI=1S/C9H6ClN3O4/c10-8-7(13(14)15)9(12-5-11-8)17-4-6-2-1-3-16-6/h1-3,5H,4H2. The molecule has 0 radical (unpaired) electrons. The van der Waals surface area contributed by atoms with Crippen LogP contribution in [0.2, 0.25) is 5.15 Å². The molecule has 0 N–H and O–H groups in total. The molecule has 17 heavy (non-hydrogen) atoms. The Hall–Kier alpha value is -2.15. The summed E-state index contributed by atoms with van der Waals surface area (Å²) in [6.45, 7) is 0.0290. The number of rotatable bonds is 4. The lowest BCUT2D eigenvalue weighted by atomic mass is 10.5. The third kappa shape index (κ3) is 2.51. The maximum absolute atomic E-state index is 10.7. The normalized spacial score (nSPS) is 10.2. The van der Waals surface area contributed by atoms with Gasteiger partial charge in [0.1, 0.15) is 18.7 Å². The molecule has 0 bridgehead atoms. The van der Waals surface area contributed by atoms with Gasteiger partial charge in [-0.05, 0) is 12.1 Å². The molecule has 0 saturated carbocycles. The van der Waals surface area contributed by atoms with E-state index in [9.17, 15) is 10.1 Å². The van der Waals surface area contributed by atoms with Gasteiger partial charge in [0, 0.05) is 0 Å². The maximum Gasteiger partial charge on any atom is 0.367 e. The molecule has 2 rings (SSSR count). The van der Waals surface area contributed by atoms with E-state index in [2.05, 4.69) is 9.97 Å². The lowest BCUT2D eigenvalue weighted by molar-refractivity contribution is -0.386. The van der Waals surface area contributed by atoms with E-state index in [0.29, 0.717) is 5.76 Å². The second-order valence-corrected chi connectivity index (χ2v) is 3.30. The molecule has 0 spiro atoms. The van der Waals surface area contributed by atoms with Crippen LogP contribution in [0.4, 0.5) is 5.69 Å². The number of aromatic nitrogens is 2. The summed E-state index contributed by atoms with van der Waals surface area (Å²) in [4.78, 5) is 17.2. The van der Waals surface area contributed by atoms with Gasteiger partial charge in [-0.1, -0.05) is 11.6 Å². The minimum atomic E-state index is -0.695. The lowest BCUT2D eigenvalue weighted by Crippen LogP contribution is -2.02. The molecular formula is C9H6ClN3O4. The van der Waals surface area contributed by atoms with Crippen molar-refractivity contribution in [2.75, 3.05) is 0 Å². The fourth-order valence-corrected chi connectivity index (χ4v) is 1.33. The van der Waals surface area contributed by atoms with Gasteiger partial charge in [-0.2, -0.15) is 4.98 Å². The molecule has 88 valence electrons. The van der Waals surface area contributed by atoms with Crippen molar-refractivity contribution >= 4 is 17.3 Å². The van der Waals surface area contributed by atoms with Crippen LogP contribution in [0.15, 0.2) is 29.1 Å². The highest BCUT2D eigenvalue weighted by molar-refractivity contribution is 6.31. The molecule has 0 unspecified atom stereocenters. The van der Waals surface area contributed by atoms with Crippen LogP contribution in [0.3, 0.4) is 0 Å². The third-order valence-corrected chi connectivity index (χ3v) is 2.13. The van der Waals surface area contributed by atoms with Crippen LogP contribution < -0.4 is 4.74 Å². The highest BCUT2D eigenvalue weighted by Crippen LogP contribution is 2.30. The predicted molar refractivity (Wildman–Crippen MR) is 56.7 cm³/mol. The zero-order valence-corrected chi connectivity index (χ0v) is 9.13. The minimum absolute atomic E-state index is 0.0290. The van der Waals surface area contributed by atoms with Crippen LogP contribution in [-0.4, -0.2) is 14.9 Å². The van der Waals surface area contributed by atoms with Crippen molar-refractivity contribution in [2.24, 2.45) is 0 Å². The third-order valence-electron chi connectivity index (χ3n) is 1.86. The van der Waals surface area contributed by atoms with Gasteiger partial charge >= 0.3 is 5.69 Å².